The molecule has 0 fully saturated rings. The molecule has 0 aliphatic rings. The van der Waals surface area contributed by atoms with Crippen LogP contribution in [0.1, 0.15) is 0 Å². The second-order valence-electron chi connectivity index (χ2n) is 4.01. The first-order chi connectivity index (χ1) is 8.79. The highest BCUT2D eigenvalue weighted by atomic mass is 32.2. The number of nitrogens with two attached hydrogens (primary N) is 2. The average Bonchev–Trinajstić information content (AvgIpc) is 2.28. The van der Waals surface area contributed by atoms with Crippen LogP contribution in [0.4, 0.5) is 11.4 Å². The molecule has 0 bridgehead atoms. The lowest BCUT2D eigenvalue weighted by Gasteiger charge is -2.11. The summed E-state index contributed by atoms with van der Waals surface area (Å²) < 4.78 is 32.1. The molecule has 0 unspecified atom stereocenters. The van der Waals surface area contributed by atoms with Gasteiger partial charge < -0.3 is 11.5 Å². The summed E-state index contributed by atoms with van der Waals surface area (Å²) in [6, 6.07) is 9.13. The molecule has 0 aromatic heterocycles. The van der Waals surface area contributed by atoms with Crippen LogP contribution < -0.4 is 11.5 Å². The topological polar surface area (TPSA) is 106 Å². The molecular formula is C12H12N2O3S2. The minimum absolute atomic E-state index is 0.243. The summed E-state index contributed by atoms with van der Waals surface area (Å²) >= 11 is 4.26. The van der Waals surface area contributed by atoms with E-state index in [2.05, 4.69) is 12.6 Å². The van der Waals surface area contributed by atoms with Crippen LogP contribution in [0.15, 0.2) is 46.2 Å². The van der Waals surface area contributed by atoms with E-state index in [9.17, 15) is 13.0 Å². The molecule has 0 amide bonds. The van der Waals surface area contributed by atoms with E-state index in [1.165, 1.54) is 12.1 Å². The SMILES string of the molecule is Nc1ccc(-c2ccc(N)cc2S(=O)(=O)O)c(S)c1. The van der Waals surface area contributed by atoms with Crippen molar-refractivity contribution in [3.8, 4) is 11.1 Å². The predicted molar refractivity (Wildman–Crippen MR) is 77.8 cm³/mol. The van der Waals surface area contributed by atoms with Crippen molar-refractivity contribution in [2.75, 3.05) is 11.5 Å². The summed E-state index contributed by atoms with van der Waals surface area (Å²) in [5.74, 6) is 0. The molecule has 0 heterocycles. The maximum absolute atomic E-state index is 11.4. The predicted octanol–water partition coefficient (Wildman–Crippen LogP) is 2.05. The van der Waals surface area contributed by atoms with E-state index >= 15 is 0 Å². The van der Waals surface area contributed by atoms with E-state index in [1.54, 1.807) is 24.3 Å². The van der Waals surface area contributed by atoms with Gasteiger partial charge in [-0.2, -0.15) is 8.42 Å². The molecule has 5 N–H and O–H groups in total. The number of anilines is 2. The normalized spacial score (nSPS) is 11.5. The van der Waals surface area contributed by atoms with Gasteiger partial charge >= 0.3 is 0 Å². The molecule has 0 saturated carbocycles. The Labute approximate surface area is 116 Å². The monoisotopic (exact) mass is 296 g/mol. The van der Waals surface area contributed by atoms with Gasteiger partial charge in [-0.3, -0.25) is 4.55 Å². The van der Waals surface area contributed by atoms with Crippen molar-refractivity contribution in [2.24, 2.45) is 0 Å². The van der Waals surface area contributed by atoms with Crippen LogP contribution in [-0.4, -0.2) is 13.0 Å². The van der Waals surface area contributed by atoms with Gasteiger partial charge in [0.25, 0.3) is 10.1 Å². The van der Waals surface area contributed by atoms with Crippen molar-refractivity contribution in [1.29, 1.82) is 0 Å². The third kappa shape index (κ3) is 2.83. The maximum atomic E-state index is 11.4. The number of thiol groups is 1. The highest BCUT2D eigenvalue weighted by Gasteiger charge is 2.18. The molecule has 0 spiro atoms. The van der Waals surface area contributed by atoms with Gasteiger partial charge in [0.1, 0.15) is 4.90 Å². The van der Waals surface area contributed by atoms with Crippen molar-refractivity contribution >= 4 is 34.1 Å². The fourth-order valence-electron chi connectivity index (χ4n) is 1.75. The van der Waals surface area contributed by atoms with Crippen molar-refractivity contribution in [3.63, 3.8) is 0 Å². The summed E-state index contributed by atoms with van der Waals surface area (Å²) in [5, 5.41) is 0. The Hall–Kier alpha value is -1.70. The zero-order chi connectivity index (χ0) is 14.2. The van der Waals surface area contributed by atoms with Crippen LogP contribution in [-0.2, 0) is 10.1 Å². The standard InChI is InChI=1S/C12H12N2O3S2/c13-7-1-3-9(11(18)5-7)10-4-2-8(14)6-12(10)19(15,16)17/h1-6,18H,13-14H2,(H,15,16,17). The van der Waals surface area contributed by atoms with Gasteiger partial charge in [-0.05, 0) is 29.8 Å². The molecule has 0 atom stereocenters. The second kappa shape index (κ2) is 4.76. The Morgan fingerprint density at radius 3 is 2.00 bits per heavy atom. The molecule has 7 heteroatoms. The first-order valence-electron chi connectivity index (χ1n) is 5.25. The molecule has 0 radical (unpaired) electrons. The van der Waals surface area contributed by atoms with Crippen LogP contribution in [0.5, 0.6) is 0 Å². The molecule has 2 rings (SSSR count). The van der Waals surface area contributed by atoms with Crippen LogP contribution in [0.3, 0.4) is 0 Å². The van der Waals surface area contributed by atoms with Crippen molar-refractivity contribution in [2.45, 2.75) is 9.79 Å². The minimum atomic E-state index is -4.38. The van der Waals surface area contributed by atoms with Gasteiger partial charge in [0.05, 0.1) is 0 Å². The Morgan fingerprint density at radius 1 is 0.947 bits per heavy atom. The van der Waals surface area contributed by atoms with Gasteiger partial charge in [-0.15, -0.1) is 12.6 Å². The Kier molecular flexibility index (Phi) is 3.44. The Balaban J connectivity index is 2.76. The summed E-state index contributed by atoms with van der Waals surface area (Å²) in [6.07, 6.45) is 0. The number of hydrogen-bond acceptors (Lipinski definition) is 5. The molecular weight excluding hydrogens is 284 g/mol. The lowest BCUT2D eigenvalue weighted by Crippen LogP contribution is -2.02. The zero-order valence-electron chi connectivity index (χ0n) is 9.74. The average molecular weight is 296 g/mol. The molecule has 0 aliphatic carbocycles. The summed E-state index contributed by atoms with van der Waals surface area (Å²) in [6.45, 7) is 0. The molecule has 0 saturated heterocycles. The summed E-state index contributed by atoms with van der Waals surface area (Å²) in [4.78, 5) is 0.252. The van der Waals surface area contributed by atoms with Crippen molar-refractivity contribution < 1.29 is 13.0 Å². The van der Waals surface area contributed by atoms with E-state index in [0.717, 1.165) is 0 Å². The Morgan fingerprint density at radius 2 is 1.47 bits per heavy atom. The van der Waals surface area contributed by atoms with Gasteiger partial charge in [0.2, 0.25) is 0 Å². The summed E-state index contributed by atoms with van der Waals surface area (Å²) in [5.41, 5.74) is 12.8. The van der Waals surface area contributed by atoms with Crippen molar-refractivity contribution in [1.82, 2.24) is 0 Å². The Bertz CT molecular complexity index is 743. The smallest absolute Gasteiger partial charge is 0.295 e. The molecule has 19 heavy (non-hydrogen) atoms. The first-order valence-corrected chi connectivity index (χ1v) is 7.13. The van der Waals surface area contributed by atoms with Gasteiger partial charge in [0, 0.05) is 21.8 Å². The number of benzene rings is 2. The largest absolute Gasteiger partial charge is 0.399 e. The third-order valence-corrected chi connectivity index (χ3v) is 3.86. The number of hydrogen-bond donors (Lipinski definition) is 4. The molecule has 100 valence electrons. The van der Waals surface area contributed by atoms with E-state index in [0.29, 0.717) is 21.7 Å². The van der Waals surface area contributed by atoms with E-state index in [1.807, 2.05) is 0 Å². The number of nitrogen functional groups attached to an aromatic ring is 2. The molecule has 5 nitrogen and oxygen atoms in total. The van der Waals surface area contributed by atoms with Gasteiger partial charge in [-0.25, -0.2) is 0 Å². The molecule has 0 aliphatic heterocycles. The van der Waals surface area contributed by atoms with Gasteiger partial charge in [-0.1, -0.05) is 12.1 Å². The second-order valence-corrected chi connectivity index (χ2v) is 5.88. The van der Waals surface area contributed by atoms with Crippen LogP contribution in [0.2, 0.25) is 0 Å². The van der Waals surface area contributed by atoms with Crippen molar-refractivity contribution in [3.05, 3.63) is 36.4 Å². The lowest BCUT2D eigenvalue weighted by atomic mass is 10.0. The third-order valence-electron chi connectivity index (χ3n) is 2.60. The maximum Gasteiger partial charge on any atom is 0.295 e. The van der Waals surface area contributed by atoms with E-state index in [4.69, 9.17) is 11.5 Å². The molecule has 2 aromatic carbocycles. The van der Waals surface area contributed by atoms with Gasteiger partial charge in [0.15, 0.2) is 0 Å². The van der Waals surface area contributed by atoms with Crippen LogP contribution in [0, 0.1) is 0 Å². The highest BCUT2D eigenvalue weighted by Crippen LogP contribution is 2.34. The fraction of sp³-hybridized carbons (Fsp3) is 0. The van der Waals surface area contributed by atoms with E-state index in [-0.39, 0.29) is 10.6 Å². The van der Waals surface area contributed by atoms with Crippen LogP contribution >= 0.6 is 12.6 Å². The molecule has 2 aromatic rings. The highest BCUT2D eigenvalue weighted by molar-refractivity contribution is 7.86. The quantitative estimate of drug-likeness (QED) is 0.385. The zero-order valence-corrected chi connectivity index (χ0v) is 11.4. The number of rotatable bonds is 2. The first kappa shape index (κ1) is 13.7. The van der Waals surface area contributed by atoms with Crippen LogP contribution in [0.25, 0.3) is 11.1 Å². The van der Waals surface area contributed by atoms with E-state index < -0.39 is 10.1 Å². The lowest BCUT2D eigenvalue weighted by molar-refractivity contribution is 0.483. The summed E-state index contributed by atoms with van der Waals surface area (Å²) in [7, 11) is -4.38. The fourth-order valence-corrected chi connectivity index (χ4v) is 2.84. The minimum Gasteiger partial charge on any atom is -0.399 e.